The first-order chi connectivity index (χ1) is 14.8. The lowest BCUT2D eigenvalue weighted by molar-refractivity contribution is 0.0410. The van der Waals surface area contributed by atoms with Crippen LogP contribution in [0.25, 0.3) is 0 Å². The molecule has 2 unspecified atom stereocenters. The van der Waals surface area contributed by atoms with E-state index < -0.39 is 12.0 Å². The summed E-state index contributed by atoms with van der Waals surface area (Å²) in [6, 6.07) is 5.99. The number of H-pyrrole nitrogens is 1. The minimum atomic E-state index is -0.785. The number of methoxy groups -OCH3 is 1. The molecule has 8 heteroatoms. The summed E-state index contributed by atoms with van der Waals surface area (Å²) in [5.74, 6) is -1.14. The number of ketones is 1. The summed E-state index contributed by atoms with van der Waals surface area (Å²) in [5.41, 5.74) is 2.01. The fraction of sp³-hybridized carbons (Fsp3) is 0.435. The Morgan fingerprint density at radius 1 is 1.29 bits per heavy atom. The average Bonchev–Trinajstić information content (AvgIpc) is 3.37. The van der Waals surface area contributed by atoms with Crippen LogP contribution in [0.5, 0.6) is 0 Å². The van der Waals surface area contributed by atoms with Gasteiger partial charge in [0.05, 0.1) is 29.8 Å². The molecule has 0 aliphatic carbocycles. The van der Waals surface area contributed by atoms with Gasteiger partial charge in [-0.15, -0.1) is 0 Å². The molecule has 1 fully saturated rings. The van der Waals surface area contributed by atoms with Gasteiger partial charge in [0.15, 0.2) is 5.78 Å². The van der Waals surface area contributed by atoms with Gasteiger partial charge in [0.25, 0.3) is 5.91 Å². The van der Waals surface area contributed by atoms with Crippen LogP contribution in [0.1, 0.15) is 62.2 Å². The maximum atomic E-state index is 13.5. The van der Waals surface area contributed by atoms with Crippen molar-refractivity contribution in [2.75, 3.05) is 20.3 Å². The van der Waals surface area contributed by atoms with E-state index in [0.29, 0.717) is 34.0 Å². The van der Waals surface area contributed by atoms with Crippen LogP contribution in [-0.4, -0.2) is 60.0 Å². The maximum Gasteiger partial charge on any atom is 0.354 e. The Morgan fingerprint density at radius 3 is 2.61 bits per heavy atom. The van der Waals surface area contributed by atoms with E-state index in [1.807, 2.05) is 0 Å². The van der Waals surface area contributed by atoms with Crippen molar-refractivity contribution in [2.24, 2.45) is 0 Å². The number of aromatic nitrogens is 1. The molecule has 31 heavy (non-hydrogen) atoms. The van der Waals surface area contributed by atoms with Gasteiger partial charge in [-0.05, 0) is 51.3 Å². The highest BCUT2D eigenvalue weighted by Crippen LogP contribution is 2.25. The lowest BCUT2D eigenvalue weighted by atomic mass is 9.98. The number of aryl methyl sites for hydroxylation is 1. The second-order valence-electron chi connectivity index (χ2n) is 7.73. The number of esters is 1. The van der Waals surface area contributed by atoms with E-state index >= 15 is 0 Å². The predicted octanol–water partition coefficient (Wildman–Crippen LogP) is 3.96. The lowest BCUT2D eigenvalue weighted by Crippen LogP contribution is -2.47. The van der Waals surface area contributed by atoms with Crippen LogP contribution in [0.15, 0.2) is 24.3 Å². The number of Topliss-reactive ketones (excluding diaryl/α,β-unsaturated/α-hetero) is 1. The smallest absolute Gasteiger partial charge is 0.354 e. The second kappa shape index (κ2) is 9.66. The Kier molecular flexibility index (Phi) is 7.18. The van der Waals surface area contributed by atoms with Gasteiger partial charge in [-0.2, -0.15) is 0 Å². The molecule has 1 N–H and O–H groups in total. The van der Waals surface area contributed by atoms with Gasteiger partial charge in [-0.3, -0.25) is 9.59 Å². The van der Waals surface area contributed by atoms with E-state index in [1.165, 1.54) is 12.0 Å². The fourth-order valence-corrected chi connectivity index (χ4v) is 4.21. The summed E-state index contributed by atoms with van der Waals surface area (Å²) in [5, 5.41) is 0.325. The summed E-state index contributed by atoms with van der Waals surface area (Å²) < 4.78 is 10.5. The minimum absolute atomic E-state index is 0.138. The second-order valence-corrected chi connectivity index (χ2v) is 8.14. The minimum Gasteiger partial charge on any atom is -0.464 e. The van der Waals surface area contributed by atoms with Gasteiger partial charge in [0, 0.05) is 24.4 Å². The summed E-state index contributed by atoms with van der Waals surface area (Å²) in [6.07, 6.45) is 1.60. The van der Waals surface area contributed by atoms with Crippen LogP contribution < -0.4 is 0 Å². The van der Waals surface area contributed by atoms with Crippen LogP contribution in [0, 0.1) is 13.8 Å². The van der Waals surface area contributed by atoms with E-state index in [4.69, 9.17) is 21.1 Å². The van der Waals surface area contributed by atoms with Gasteiger partial charge in [-0.25, -0.2) is 4.79 Å². The molecule has 1 amide bonds. The number of hydrogen-bond donors (Lipinski definition) is 1. The van der Waals surface area contributed by atoms with Crippen molar-refractivity contribution in [2.45, 2.75) is 45.8 Å². The van der Waals surface area contributed by atoms with E-state index in [0.717, 1.165) is 12.8 Å². The molecular weight excluding hydrogens is 420 g/mol. The first-order valence-corrected chi connectivity index (χ1v) is 10.6. The lowest BCUT2D eigenvalue weighted by Gasteiger charge is -2.31. The van der Waals surface area contributed by atoms with Gasteiger partial charge >= 0.3 is 5.97 Å². The van der Waals surface area contributed by atoms with E-state index in [-0.39, 0.29) is 30.0 Å². The number of nitrogens with zero attached hydrogens (tertiary/aromatic N) is 1. The molecule has 1 aliphatic heterocycles. The largest absolute Gasteiger partial charge is 0.464 e. The summed E-state index contributed by atoms with van der Waals surface area (Å²) in [6.45, 7) is 6.02. The Bertz CT molecular complexity index is 994. The topological polar surface area (TPSA) is 88.7 Å². The van der Waals surface area contributed by atoms with Crippen LogP contribution in [-0.2, 0) is 9.47 Å². The standard InChI is InChI=1S/C23H27ClN2O5/c1-13-19(14(2)25-20(13)23(29)30-4)21(27)15(3)26(12-16-8-7-11-31-16)22(28)17-9-5-6-10-18(17)24/h5-6,9-10,15-16,25H,7-8,11-12H2,1-4H3. The number of rotatable bonds is 7. The molecule has 3 rings (SSSR count). The number of ether oxygens (including phenoxy) is 2. The third-order valence-electron chi connectivity index (χ3n) is 5.71. The van der Waals surface area contributed by atoms with E-state index in [1.54, 1.807) is 45.0 Å². The highest BCUT2D eigenvalue weighted by atomic mass is 35.5. The Hall–Kier alpha value is -2.64. The van der Waals surface area contributed by atoms with Gasteiger partial charge in [0.2, 0.25) is 0 Å². The molecule has 0 radical (unpaired) electrons. The van der Waals surface area contributed by atoms with Crippen molar-refractivity contribution in [1.82, 2.24) is 9.88 Å². The summed E-state index contributed by atoms with van der Waals surface area (Å²) in [7, 11) is 1.29. The molecule has 166 valence electrons. The third kappa shape index (κ3) is 4.67. The fourth-order valence-electron chi connectivity index (χ4n) is 3.99. The first kappa shape index (κ1) is 23.0. The molecule has 1 saturated heterocycles. The molecule has 7 nitrogen and oxygen atoms in total. The molecule has 0 spiro atoms. The molecular formula is C23H27ClN2O5. The summed E-state index contributed by atoms with van der Waals surface area (Å²) >= 11 is 6.27. The molecule has 1 aromatic carbocycles. The van der Waals surface area contributed by atoms with Gasteiger partial charge in [-0.1, -0.05) is 23.7 Å². The number of halogens is 1. The zero-order valence-corrected chi connectivity index (χ0v) is 18.9. The van der Waals surface area contributed by atoms with Crippen LogP contribution in [0.4, 0.5) is 0 Å². The maximum absolute atomic E-state index is 13.5. The van der Waals surface area contributed by atoms with Crippen LogP contribution in [0.2, 0.25) is 5.02 Å². The first-order valence-electron chi connectivity index (χ1n) is 10.2. The third-order valence-corrected chi connectivity index (χ3v) is 6.04. The van der Waals surface area contributed by atoms with Crippen LogP contribution in [0.3, 0.4) is 0 Å². The van der Waals surface area contributed by atoms with Crippen molar-refractivity contribution >= 4 is 29.3 Å². The number of carbonyl (C=O) groups is 3. The number of aromatic amines is 1. The highest BCUT2D eigenvalue weighted by molar-refractivity contribution is 6.33. The van der Waals surface area contributed by atoms with Crippen molar-refractivity contribution in [3.63, 3.8) is 0 Å². The molecule has 2 atom stereocenters. The number of benzene rings is 1. The normalized spacial score (nSPS) is 16.7. The average molecular weight is 447 g/mol. The molecule has 0 bridgehead atoms. The number of carbonyl (C=O) groups excluding carboxylic acids is 3. The number of hydrogen-bond acceptors (Lipinski definition) is 5. The zero-order valence-electron chi connectivity index (χ0n) is 18.2. The van der Waals surface area contributed by atoms with Crippen molar-refractivity contribution < 1.29 is 23.9 Å². The quantitative estimate of drug-likeness (QED) is 0.513. The highest BCUT2D eigenvalue weighted by Gasteiger charge is 2.34. The van der Waals surface area contributed by atoms with Gasteiger partial charge in [0.1, 0.15) is 5.69 Å². The molecule has 2 aromatic rings. The molecule has 0 saturated carbocycles. The predicted molar refractivity (Wildman–Crippen MR) is 117 cm³/mol. The Balaban J connectivity index is 1.96. The van der Waals surface area contributed by atoms with Crippen LogP contribution >= 0.6 is 11.6 Å². The van der Waals surface area contributed by atoms with Crippen molar-refractivity contribution in [1.29, 1.82) is 0 Å². The van der Waals surface area contributed by atoms with Crippen molar-refractivity contribution in [3.05, 3.63) is 57.4 Å². The molecule has 1 aromatic heterocycles. The number of amides is 1. The molecule has 2 heterocycles. The van der Waals surface area contributed by atoms with E-state index in [2.05, 4.69) is 4.98 Å². The monoisotopic (exact) mass is 446 g/mol. The van der Waals surface area contributed by atoms with Gasteiger partial charge < -0.3 is 19.4 Å². The Morgan fingerprint density at radius 2 is 2.00 bits per heavy atom. The zero-order chi connectivity index (χ0) is 22.7. The SMILES string of the molecule is COC(=O)c1[nH]c(C)c(C(=O)C(C)N(CC2CCCO2)C(=O)c2ccccc2Cl)c1C. The molecule has 1 aliphatic rings. The Labute approximate surface area is 186 Å². The van der Waals surface area contributed by atoms with Crippen molar-refractivity contribution in [3.8, 4) is 0 Å². The van der Waals surface area contributed by atoms with E-state index in [9.17, 15) is 14.4 Å². The summed E-state index contributed by atoms with van der Waals surface area (Å²) in [4.78, 5) is 43.4. The number of nitrogens with one attached hydrogen (secondary N) is 1.